The van der Waals surface area contributed by atoms with Crippen LogP contribution in [0.3, 0.4) is 0 Å². The number of nitrogens with one attached hydrogen (secondary N) is 1. The van der Waals surface area contributed by atoms with Gasteiger partial charge in [0.15, 0.2) is 0 Å². The molecular weight excluding hydrogens is 254 g/mol. The first-order valence-electron chi connectivity index (χ1n) is 7.19. The van der Waals surface area contributed by atoms with Crippen molar-refractivity contribution in [2.45, 2.75) is 46.2 Å². The predicted molar refractivity (Wildman–Crippen MR) is 82.5 cm³/mol. The average Bonchev–Trinajstić information content (AvgIpc) is 2.83. The first-order chi connectivity index (χ1) is 8.92. The number of hydrogen-bond donors (Lipinski definition) is 1. The molecule has 0 radical (unpaired) electrons. The first-order valence-corrected chi connectivity index (χ1v) is 8.07. The lowest BCUT2D eigenvalue weighted by molar-refractivity contribution is 0.206. The maximum absolute atomic E-state index is 4.55. The van der Waals surface area contributed by atoms with Crippen LogP contribution in [0.4, 0.5) is 0 Å². The standard InChI is InChI=1S/C15H27N3S/c1-11-17-13(10-19-11)9-18(5)8-12-6-7-15(2,3)14(12)16-4/h10,12,14,16H,6-9H2,1-5H3. The fourth-order valence-electron chi connectivity index (χ4n) is 3.56. The van der Waals surface area contributed by atoms with Crippen LogP contribution in [0.2, 0.25) is 0 Å². The van der Waals surface area contributed by atoms with E-state index in [-0.39, 0.29) is 0 Å². The molecule has 1 fully saturated rings. The SMILES string of the molecule is CNC1C(CN(C)Cc2csc(C)n2)CCC1(C)C. The summed E-state index contributed by atoms with van der Waals surface area (Å²) in [4.78, 5) is 6.98. The zero-order valence-corrected chi connectivity index (χ0v) is 13.7. The van der Waals surface area contributed by atoms with Gasteiger partial charge in [-0.1, -0.05) is 13.8 Å². The van der Waals surface area contributed by atoms with Gasteiger partial charge >= 0.3 is 0 Å². The Bertz CT molecular complexity index is 413. The van der Waals surface area contributed by atoms with Crippen molar-refractivity contribution in [1.82, 2.24) is 15.2 Å². The van der Waals surface area contributed by atoms with E-state index in [4.69, 9.17) is 0 Å². The van der Waals surface area contributed by atoms with Gasteiger partial charge in [-0.15, -0.1) is 11.3 Å². The maximum atomic E-state index is 4.55. The van der Waals surface area contributed by atoms with E-state index in [0.717, 1.165) is 19.0 Å². The Morgan fingerprint density at radius 1 is 1.53 bits per heavy atom. The molecule has 0 bridgehead atoms. The summed E-state index contributed by atoms with van der Waals surface area (Å²) in [7, 11) is 4.32. The molecule has 1 aromatic rings. The zero-order chi connectivity index (χ0) is 14.0. The van der Waals surface area contributed by atoms with Crippen molar-refractivity contribution >= 4 is 11.3 Å². The number of rotatable bonds is 5. The Kier molecular flexibility index (Phi) is 4.64. The molecule has 0 saturated heterocycles. The lowest BCUT2D eigenvalue weighted by Gasteiger charge is -2.32. The molecule has 3 nitrogen and oxygen atoms in total. The molecule has 1 N–H and O–H groups in total. The minimum atomic E-state index is 0.428. The third-order valence-corrected chi connectivity index (χ3v) is 5.25. The molecule has 0 aliphatic heterocycles. The summed E-state index contributed by atoms with van der Waals surface area (Å²) in [6.45, 7) is 8.98. The van der Waals surface area contributed by atoms with Crippen molar-refractivity contribution in [3.8, 4) is 0 Å². The number of thiazole rings is 1. The van der Waals surface area contributed by atoms with E-state index in [2.05, 4.69) is 55.4 Å². The number of aromatic nitrogens is 1. The Hall–Kier alpha value is -0.450. The van der Waals surface area contributed by atoms with Crippen molar-refractivity contribution in [3.63, 3.8) is 0 Å². The molecule has 2 atom stereocenters. The van der Waals surface area contributed by atoms with Crippen LogP contribution in [0, 0.1) is 18.3 Å². The molecule has 4 heteroatoms. The Labute approximate surface area is 121 Å². The zero-order valence-electron chi connectivity index (χ0n) is 12.9. The minimum absolute atomic E-state index is 0.428. The van der Waals surface area contributed by atoms with Crippen LogP contribution < -0.4 is 5.32 Å². The summed E-state index contributed by atoms with van der Waals surface area (Å²) in [5.41, 5.74) is 1.64. The first kappa shape index (κ1) is 14.9. The maximum Gasteiger partial charge on any atom is 0.0897 e. The van der Waals surface area contributed by atoms with Gasteiger partial charge in [0, 0.05) is 24.5 Å². The molecule has 1 aliphatic rings. The van der Waals surface area contributed by atoms with Gasteiger partial charge in [-0.25, -0.2) is 4.98 Å². The third kappa shape index (κ3) is 3.56. The second-order valence-corrected chi connectivity index (χ2v) is 7.67. The molecule has 108 valence electrons. The van der Waals surface area contributed by atoms with Gasteiger partial charge in [0.2, 0.25) is 0 Å². The fourth-order valence-corrected chi connectivity index (χ4v) is 4.17. The minimum Gasteiger partial charge on any atom is -0.316 e. The summed E-state index contributed by atoms with van der Waals surface area (Å²) >= 11 is 1.74. The van der Waals surface area contributed by atoms with Crippen LogP contribution in [-0.2, 0) is 6.54 Å². The van der Waals surface area contributed by atoms with Crippen molar-refractivity contribution < 1.29 is 0 Å². The normalized spacial score (nSPS) is 26.2. The predicted octanol–water partition coefficient (Wildman–Crippen LogP) is 2.91. The summed E-state index contributed by atoms with van der Waals surface area (Å²) in [5.74, 6) is 0.754. The van der Waals surface area contributed by atoms with E-state index in [9.17, 15) is 0 Å². The van der Waals surface area contributed by atoms with Gasteiger partial charge in [0.1, 0.15) is 0 Å². The summed E-state index contributed by atoms with van der Waals surface area (Å²) in [6, 6.07) is 0.632. The molecule has 0 aromatic carbocycles. The van der Waals surface area contributed by atoms with Crippen molar-refractivity contribution in [3.05, 3.63) is 16.1 Å². The quantitative estimate of drug-likeness (QED) is 0.899. The van der Waals surface area contributed by atoms with Crippen molar-refractivity contribution in [1.29, 1.82) is 0 Å². The fraction of sp³-hybridized carbons (Fsp3) is 0.800. The highest BCUT2D eigenvalue weighted by molar-refractivity contribution is 7.09. The van der Waals surface area contributed by atoms with Crippen molar-refractivity contribution in [2.75, 3.05) is 20.6 Å². The largest absolute Gasteiger partial charge is 0.316 e. The summed E-state index contributed by atoms with van der Waals surface area (Å²) in [6.07, 6.45) is 2.66. The Morgan fingerprint density at radius 2 is 2.26 bits per heavy atom. The van der Waals surface area contributed by atoms with Gasteiger partial charge in [-0.2, -0.15) is 0 Å². The highest BCUT2D eigenvalue weighted by Gasteiger charge is 2.40. The molecule has 1 heterocycles. The van der Waals surface area contributed by atoms with E-state index in [0.29, 0.717) is 11.5 Å². The molecule has 2 rings (SSSR count). The van der Waals surface area contributed by atoms with E-state index >= 15 is 0 Å². The smallest absolute Gasteiger partial charge is 0.0897 e. The lowest BCUT2D eigenvalue weighted by Crippen LogP contribution is -2.43. The summed E-state index contributed by atoms with van der Waals surface area (Å²) in [5, 5.41) is 6.88. The van der Waals surface area contributed by atoms with Crippen molar-refractivity contribution in [2.24, 2.45) is 11.3 Å². The topological polar surface area (TPSA) is 28.2 Å². The highest BCUT2D eigenvalue weighted by Crippen LogP contribution is 2.41. The molecule has 1 aliphatic carbocycles. The average molecular weight is 281 g/mol. The van der Waals surface area contributed by atoms with Crippen LogP contribution in [0.1, 0.15) is 37.4 Å². The van der Waals surface area contributed by atoms with E-state index < -0.39 is 0 Å². The second-order valence-electron chi connectivity index (χ2n) is 6.61. The molecule has 1 saturated carbocycles. The van der Waals surface area contributed by atoms with E-state index in [1.165, 1.54) is 23.5 Å². The van der Waals surface area contributed by atoms with Gasteiger partial charge in [0.25, 0.3) is 0 Å². The van der Waals surface area contributed by atoms with Gasteiger partial charge in [-0.05, 0) is 45.2 Å². The van der Waals surface area contributed by atoms with E-state index in [1.54, 1.807) is 11.3 Å². The molecule has 19 heavy (non-hydrogen) atoms. The lowest BCUT2D eigenvalue weighted by atomic mass is 9.85. The van der Waals surface area contributed by atoms with Crippen LogP contribution in [0.15, 0.2) is 5.38 Å². The van der Waals surface area contributed by atoms with E-state index in [1.807, 2.05) is 0 Å². The van der Waals surface area contributed by atoms with Crippen LogP contribution in [0.25, 0.3) is 0 Å². The van der Waals surface area contributed by atoms with Gasteiger partial charge < -0.3 is 10.2 Å². The molecule has 0 amide bonds. The molecular formula is C15H27N3S. The number of aryl methyl sites for hydroxylation is 1. The number of hydrogen-bond acceptors (Lipinski definition) is 4. The molecule has 0 spiro atoms. The van der Waals surface area contributed by atoms with Gasteiger partial charge in [0.05, 0.1) is 10.7 Å². The molecule has 2 unspecified atom stereocenters. The van der Waals surface area contributed by atoms with Crippen LogP contribution in [-0.4, -0.2) is 36.6 Å². The highest BCUT2D eigenvalue weighted by atomic mass is 32.1. The van der Waals surface area contributed by atoms with Crippen LogP contribution in [0.5, 0.6) is 0 Å². The monoisotopic (exact) mass is 281 g/mol. The second kappa shape index (κ2) is 5.90. The third-order valence-electron chi connectivity index (χ3n) is 4.43. The summed E-state index contributed by atoms with van der Waals surface area (Å²) < 4.78 is 0. The Morgan fingerprint density at radius 3 is 2.84 bits per heavy atom. The number of nitrogens with zero attached hydrogens (tertiary/aromatic N) is 2. The molecule has 1 aromatic heterocycles. The van der Waals surface area contributed by atoms with Crippen LogP contribution >= 0.6 is 11.3 Å². The van der Waals surface area contributed by atoms with Gasteiger partial charge in [-0.3, -0.25) is 0 Å². The Balaban J connectivity index is 1.90.